The van der Waals surface area contributed by atoms with Gasteiger partial charge >= 0.3 is 11.9 Å². The van der Waals surface area contributed by atoms with Crippen molar-refractivity contribution in [1.82, 2.24) is 5.32 Å². The van der Waals surface area contributed by atoms with Crippen LogP contribution in [0.3, 0.4) is 0 Å². The first-order valence-electron chi connectivity index (χ1n) is 16.7. The zero-order valence-electron chi connectivity index (χ0n) is 26.9. The number of halogens is 2. The van der Waals surface area contributed by atoms with Gasteiger partial charge in [0.15, 0.2) is 6.29 Å². The van der Waals surface area contributed by atoms with E-state index < -0.39 is 96.4 Å². The maximum atomic E-state index is 16.2. The summed E-state index contributed by atoms with van der Waals surface area (Å²) in [6.45, 7) is 1.07. The number of fused-ring (bicyclic) bond motifs is 4. The molecule has 7 rings (SSSR count). The minimum Gasteiger partial charge on any atom is -0.465 e. The van der Waals surface area contributed by atoms with Crippen LogP contribution in [0.2, 0.25) is 0 Å². The van der Waals surface area contributed by atoms with E-state index in [1.807, 2.05) is 0 Å². The SMILES string of the molecule is COC1CC([C@@H]2C3CC4OCOC4CC3[C@@H](NC(=O)C(F)(F)[C@]3(O)O[C@@H]4COC(C)O[C@H]4[C@H](O)[C@H]3O)[C@H]3COC(=O)[C@H]23)CC(OC)C1O. The lowest BCUT2D eigenvalue weighted by Gasteiger charge is -2.56. The lowest BCUT2D eigenvalue weighted by atomic mass is 9.51. The molecule has 0 radical (unpaired) electrons. The van der Waals surface area contributed by atoms with Gasteiger partial charge in [0.2, 0.25) is 0 Å². The smallest absolute Gasteiger partial charge is 0.379 e. The fourth-order valence-electron chi connectivity index (χ4n) is 9.82. The van der Waals surface area contributed by atoms with E-state index in [0.717, 1.165) is 0 Å². The fourth-order valence-corrected chi connectivity index (χ4v) is 9.82. The Morgan fingerprint density at radius 1 is 0.917 bits per heavy atom. The van der Waals surface area contributed by atoms with Crippen LogP contribution in [0.4, 0.5) is 8.78 Å². The third-order valence-corrected chi connectivity index (χ3v) is 12.1. The molecule has 7 aliphatic rings. The maximum absolute atomic E-state index is 16.2. The second kappa shape index (κ2) is 12.8. The Balaban J connectivity index is 1.19. The van der Waals surface area contributed by atoms with Crippen LogP contribution >= 0.6 is 0 Å². The average Bonchev–Trinajstić information content (AvgIpc) is 3.69. The Labute approximate surface area is 275 Å². The standard InChI is InChI=1S/C31H45F2NO14/c1-11-43-9-20-26(47-11)25(36)27(37)31(40,48-20)30(32,33)29(39)34-23-14-7-17-16(45-10-46-17)6-13(14)21(22-15(23)8-44-28(22)38)12-4-18(41-2)24(35)19(5-12)42-3/h11-27,35-37,40H,4-10H2,1-3H3,(H,34,39)/t11?,12?,13?,14?,15-,16?,17?,18?,19?,20+,21+,22-,23+,24?,25-,26+,27+,31+/m0/s1. The number of hydrogen-bond donors (Lipinski definition) is 5. The lowest BCUT2D eigenvalue weighted by Crippen LogP contribution is -2.76. The van der Waals surface area contributed by atoms with E-state index in [9.17, 15) is 30.0 Å². The highest BCUT2D eigenvalue weighted by atomic mass is 19.3. The number of aliphatic hydroxyl groups is 4. The molecule has 0 aromatic carbocycles. The number of methoxy groups -OCH3 is 2. The van der Waals surface area contributed by atoms with Gasteiger partial charge in [-0.1, -0.05) is 0 Å². The van der Waals surface area contributed by atoms with Crippen LogP contribution in [0, 0.1) is 35.5 Å². The molecule has 17 heteroatoms. The van der Waals surface area contributed by atoms with E-state index in [1.165, 1.54) is 21.1 Å². The molecule has 7 unspecified atom stereocenters. The monoisotopic (exact) mass is 693 g/mol. The number of esters is 1. The van der Waals surface area contributed by atoms with Crippen LogP contribution < -0.4 is 5.32 Å². The van der Waals surface area contributed by atoms with Gasteiger partial charge < -0.3 is 63.6 Å². The lowest BCUT2D eigenvalue weighted by molar-refractivity contribution is -0.425. The van der Waals surface area contributed by atoms with E-state index in [4.69, 9.17) is 37.9 Å². The van der Waals surface area contributed by atoms with Crippen molar-refractivity contribution in [1.29, 1.82) is 0 Å². The van der Waals surface area contributed by atoms with Gasteiger partial charge in [0.25, 0.3) is 11.7 Å². The number of carbonyl (C=O) groups excluding carboxylic acids is 2. The second-order valence-electron chi connectivity index (χ2n) is 14.4. The number of ether oxygens (including phenoxy) is 8. The summed E-state index contributed by atoms with van der Waals surface area (Å²) < 4.78 is 76.7. The van der Waals surface area contributed by atoms with Gasteiger partial charge in [0, 0.05) is 26.2 Å². The van der Waals surface area contributed by atoms with Crippen LogP contribution in [0.5, 0.6) is 0 Å². The van der Waals surface area contributed by atoms with E-state index in [1.54, 1.807) is 0 Å². The zero-order chi connectivity index (χ0) is 34.3. The van der Waals surface area contributed by atoms with E-state index in [2.05, 4.69) is 5.32 Å². The van der Waals surface area contributed by atoms with Crippen LogP contribution in [0.1, 0.15) is 32.6 Å². The van der Waals surface area contributed by atoms with Crippen molar-refractivity contribution < 1.29 is 76.7 Å². The van der Waals surface area contributed by atoms with E-state index >= 15 is 8.78 Å². The molecule has 0 aromatic heterocycles. The van der Waals surface area contributed by atoms with Crippen LogP contribution in [-0.2, 0) is 47.5 Å². The van der Waals surface area contributed by atoms with Crippen molar-refractivity contribution in [2.24, 2.45) is 35.5 Å². The molecular formula is C31H45F2NO14. The Kier molecular flexibility index (Phi) is 9.31. The molecule has 0 bridgehead atoms. The first-order chi connectivity index (χ1) is 22.8. The average molecular weight is 694 g/mol. The van der Waals surface area contributed by atoms with Crippen LogP contribution in [-0.4, -0.2) is 146 Å². The molecule has 4 saturated heterocycles. The van der Waals surface area contributed by atoms with Gasteiger partial charge in [0.1, 0.15) is 37.3 Å². The number of alkyl halides is 2. The first kappa shape index (κ1) is 34.8. The van der Waals surface area contributed by atoms with Gasteiger partial charge in [-0.2, -0.15) is 8.78 Å². The van der Waals surface area contributed by atoms with Crippen molar-refractivity contribution in [2.45, 2.75) is 112 Å². The maximum Gasteiger partial charge on any atom is 0.379 e. The van der Waals surface area contributed by atoms with Gasteiger partial charge in [-0.05, 0) is 56.3 Å². The Hall–Kier alpha value is -1.64. The minimum atomic E-state index is -4.78. The molecule has 272 valence electrons. The molecule has 3 aliphatic carbocycles. The molecule has 5 N–H and O–H groups in total. The van der Waals surface area contributed by atoms with Gasteiger partial charge in [-0.25, -0.2) is 0 Å². The number of nitrogens with one attached hydrogen (secondary N) is 1. The normalized spacial score (nSPS) is 52.0. The Bertz CT molecular complexity index is 1220. The highest BCUT2D eigenvalue weighted by Gasteiger charge is 2.71. The van der Waals surface area contributed by atoms with Gasteiger partial charge in [-0.3, -0.25) is 9.59 Å². The molecule has 16 atom stereocenters. The number of aliphatic hydroxyl groups excluding tert-OH is 3. The quantitative estimate of drug-likeness (QED) is 0.205. The van der Waals surface area contributed by atoms with Crippen molar-refractivity contribution >= 4 is 11.9 Å². The molecule has 4 aliphatic heterocycles. The largest absolute Gasteiger partial charge is 0.465 e. The van der Waals surface area contributed by atoms with Crippen molar-refractivity contribution in [2.75, 3.05) is 34.2 Å². The molecule has 1 amide bonds. The number of rotatable bonds is 6. The van der Waals surface area contributed by atoms with Crippen molar-refractivity contribution in [3.8, 4) is 0 Å². The summed E-state index contributed by atoms with van der Waals surface area (Å²) >= 11 is 0. The topological polar surface area (TPSA) is 201 Å². The fraction of sp³-hybridized carbons (Fsp3) is 0.935. The first-order valence-corrected chi connectivity index (χ1v) is 16.7. The number of cyclic esters (lactones) is 1. The summed E-state index contributed by atoms with van der Waals surface area (Å²) in [4.78, 5) is 27.2. The van der Waals surface area contributed by atoms with E-state index in [-0.39, 0.29) is 50.0 Å². The van der Waals surface area contributed by atoms with Crippen LogP contribution in [0.25, 0.3) is 0 Å². The summed E-state index contributed by atoms with van der Waals surface area (Å²) in [6, 6.07) is -1.03. The van der Waals surface area contributed by atoms with Crippen molar-refractivity contribution in [3.63, 3.8) is 0 Å². The summed E-state index contributed by atoms with van der Waals surface area (Å²) in [5.74, 6) is -13.9. The summed E-state index contributed by atoms with van der Waals surface area (Å²) in [5, 5.41) is 45.8. The molecule has 4 heterocycles. The minimum absolute atomic E-state index is 0.0511. The zero-order valence-corrected chi connectivity index (χ0v) is 26.9. The van der Waals surface area contributed by atoms with Crippen LogP contribution in [0.15, 0.2) is 0 Å². The molecule has 0 aromatic rings. The number of carbonyl (C=O) groups is 2. The summed E-state index contributed by atoms with van der Waals surface area (Å²) in [7, 11) is 2.99. The highest BCUT2D eigenvalue weighted by molar-refractivity contribution is 5.85. The molecule has 48 heavy (non-hydrogen) atoms. The Morgan fingerprint density at radius 3 is 2.21 bits per heavy atom. The number of hydrogen-bond acceptors (Lipinski definition) is 14. The predicted molar refractivity (Wildman–Crippen MR) is 152 cm³/mol. The molecule has 3 saturated carbocycles. The van der Waals surface area contributed by atoms with Gasteiger partial charge in [0.05, 0.1) is 43.5 Å². The second-order valence-corrected chi connectivity index (χ2v) is 14.4. The summed E-state index contributed by atoms with van der Waals surface area (Å²) in [5.41, 5.74) is 0. The molecule has 7 fully saturated rings. The Morgan fingerprint density at radius 2 is 1.56 bits per heavy atom. The molecule has 0 spiro atoms. The summed E-state index contributed by atoms with van der Waals surface area (Å²) in [6.07, 6.45) is -9.30. The molecular weight excluding hydrogens is 648 g/mol. The van der Waals surface area contributed by atoms with E-state index in [0.29, 0.717) is 25.7 Å². The third kappa shape index (κ3) is 5.39. The number of amides is 1. The third-order valence-electron chi connectivity index (χ3n) is 12.1. The van der Waals surface area contributed by atoms with Crippen molar-refractivity contribution in [3.05, 3.63) is 0 Å². The van der Waals surface area contributed by atoms with Gasteiger partial charge in [-0.15, -0.1) is 0 Å². The highest BCUT2D eigenvalue weighted by Crippen LogP contribution is 2.57. The molecule has 15 nitrogen and oxygen atoms in total. The predicted octanol–water partition coefficient (Wildman–Crippen LogP) is -1.34.